The first kappa shape index (κ1) is 19.2. The molecular formula is C21H21Cl2NO2. The lowest BCUT2D eigenvalue weighted by atomic mass is 9.86. The Morgan fingerprint density at radius 2 is 1.92 bits per heavy atom. The number of carbonyl (C=O) groups excluding carboxylic acids is 1. The average Bonchev–Trinajstić information content (AvgIpc) is 2.62. The van der Waals surface area contributed by atoms with E-state index >= 15 is 0 Å². The summed E-state index contributed by atoms with van der Waals surface area (Å²) in [6.45, 7) is 4.92. The van der Waals surface area contributed by atoms with Crippen LogP contribution >= 0.6 is 23.2 Å². The van der Waals surface area contributed by atoms with Crippen LogP contribution in [0.2, 0.25) is 10.0 Å². The van der Waals surface area contributed by atoms with Crippen LogP contribution in [0.15, 0.2) is 42.5 Å². The second-order valence-electron chi connectivity index (χ2n) is 6.65. The van der Waals surface area contributed by atoms with Gasteiger partial charge in [-0.1, -0.05) is 48.3 Å². The molecule has 1 amide bonds. The minimum absolute atomic E-state index is 0.238. The van der Waals surface area contributed by atoms with E-state index < -0.39 is 0 Å². The lowest BCUT2D eigenvalue weighted by molar-refractivity contribution is -0.0112. The second kappa shape index (κ2) is 8.43. The molecule has 2 radical (unpaired) electrons. The molecule has 2 aromatic carbocycles. The van der Waals surface area contributed by atoms with Gasteiger partial charge in [0.05, 0.1) is 28.3 Å². The van der Waals surface area contributed by atoms with E-state index in [9.17, 15) is 4.79 Å². The molecule has 1 fully saturated rings. The largest absolute Gasteiger partial charge is 0.378 e. The lowest BCUT2D eigenvalue weighted by Crippen LogP contribution is -2.32. The van der Waals surface area contributed by atoms with Crippen LogP contribution in [0.1, 0.15) is 29.8 Å². The minimum atomic E-state index is -0.282. The van der Waals surface area contributed by atoms with E-state index in [1.54, 1.807) is 18.2 Å². The van der Waals surface area contributed by atoms with E-state index in [0.29, 0.717) is 34.7 Å². The summed E-state index contributed by atoms with van der Waals surface area (Å²) in [6, 6.07) is 12.8. The molecule has 0 spiro atoms. The quantitative estimate of drug-likeness (QED) is 0.744. The van der Waals surface area contributed by atoms with Crippen LogP contribution in [0.25, 0.3) is 0 Å². The Hall–Kier alpha value is -1.55. The summed E-state index contributed by atoms with van der Waals surface area (Å²) < 4.78 is 5.78. The number of halogens is 2. The zero-order valence-electron chi connectivity index (χ0n) is 14.8. The summed E-state index contributed by atoms with van der Waals surface area (Å²) in [5.74, 6) is 0.358. The van der Waals surface area contributed by atoms with Crippen molar-refractivity contribution in [2.24, 2.45) is 11.8 Å². The standard InChI is InChI=1S/C21H21Cl2NO2/c1-13-10-16(12-26-14(13)2)11-15-6-8-17(9-7-15)24-21(25)18-4-3-5-19(22)20(18)23/h3-9,13-14,16H,11-12H2,1-2H3,(H,24,25). The Labute approximate surface area is 164 Å². The van der Waals surface area contributed by atoms with Crippen molar-refractivity contribution in [2.75, 3.05) is 11.9 Å². The molecule has 0 saturated carbocycles. The maximum atomic E-state index is 12.4. The molecule has 3 atom stereocenters. The molecule has 1 aliphatic heterocycles. The molecule has 0 aromatic heterocycles. The summed E-state index contributed by atoms with van der Waals surface area (Å²) >= 11 is 12.1. The summed E-state index contributed by atoms with van der Waals surface area (Å²) in [4.78, 5) is 12.4. The van der Waals surface area contributed by atoms with Crippen molar-refractivity contribution in [3.8, 4) is 0 Å². The smallest absolute Gasteiger partial charge is 0.257 e. The molecule has 0 bridgehead atoms. The van der Waals surface area contributed by atoms with Crippen molar-refractivity contribution < 1.29 is 9.53 Å². The van der Waals surface area contributed by atoms with Gasteiger partial charge in [0.2, 0.25) is 0 Å². The zero-order valence-corrected chi connectivity index (χ0v) is 16.3. The summed E-state index contributed by atoms with van der Waals surface area (Å²) in [5, 5.41) is 3.47. The number of carbonyl (C=O) groups is 1. The van der Waals surface area contributed by atoms with E-state index in [1.165, 1.54) is 5.56 Å². The highest BCUT2D eigenvalue weighted by molar-refractivity contribution is 6.44. The van der Waals surface area contributed by atoms with Gasteiger partial charge in [0.25, 0.3) is 5.91 Å². The summed E-state index contributed by atoms with van der Waals surface area (Å²) in [5.41, 5.74) is 2.26. The first-order valence-corrected chi connectivity index (χ1v) is 9.41. The molecule has 1 N–H and O–H groups in total. The van der Waals surface area contributed by atoms with Crippen molar-refractivity contribution in [3.05, 3.63) is 70.1 Å². The van der Waals surface area contributed by atoms with Crippen LogP contribution in [-0.4, -0.2) is 18.6 Å². The van der Waals surface area contributed by atoms with Gasteiger partial charge in [-0.2, -0.15) is 0 Å². The fraction of sp³-hybridized carbons (Fsp3) is 0.333. The normalized spacial score (nSPS) is 22.8. The highest BCUT2D eigenvalue weighted by Gasteiger charge is 2.26. The fourth-order valence-corrected chi connectivity index (χ4v) is 3.36. The van der Waals surface area contributed by atoms with E-state index in [1.807, 2.05) is 24.3 Å². The van der Waals surface area contributed by atoms with Gasteiger partial charge in [0.15, 0.2) is 0 Å². The Balaban J connectivity index is 1.61. The molecule has 26 heavy (non-hydrogen) atoms. The van der Waals surface area contributed by atoms with Gasteiger partial charge < -0.3 is 10.1 Å². The third kappa shape index (κ3) is 4.59. The van der Waals surface area contributed by atoms with Crippen LogP contribution < -0.4 is 5.32 Å². The SMILES string of the molecule is CC1[C]C(Cc2ccc(NC(=O)c3cccc(Cl)c3Cl)cc2)COC1C. The van der Waals surface area contributed by atoms with E-state index in [2.05, 4.69) is 25.6 Å². The number of nitrogens with one attached hydrogen (secondary N) is 1. The highest BCUT2D eigenvalue weighted by Crippen LogP contribution is 2.28. The summed E-state index contributed by atoms with van der Waals surface area (Å²) in [7, 11) is 0. The number of anilines is 1. The van der Waals surface area contributed by atoms with Crippen LogP contribution in [0.5, 0.6) is 0 Å². The molecule has 136 valence electrons. The first-order chi connectivity index (χ1) is 12.4. The predicted molar refractivity (Wildman–Crippen MR) is 106 cm³/mol. The summed E-state index contributed by atoms with van der Waals surface area (Å²) in [6.07, 6.45) is 4.69. The van der Waals surface area contributed by atoms with Gasteiger partial charge in [-0.25, -0.2) is 0 Å². The van der Waals surface area contributed by atoms with Crippen LogP contribution in [0.4, 0.5) is 5.69 Å². The number of ether oxygens (including phenoxy) is 1. The molecule has 3 rings (SSSR count). The Bertz CT molecular complexity index is 776. The molecule has 3 nitrogen and oxygen atoms in total. The minimum Gasteiger partial charge on any atom is -0.378 e. The topological polar surface area (TPSA) is 38.3 Å². The first-order valence-electron chi connectivity index (χ1n) is 8.66. The molecule has 5 heteroatoms. The lowest BCUT2D eigenvalue weighted by Gasteiger charge is -2.31. The van der Waals surface area contributed by atoms with E-state index in [4.69, 9.17) is 27.9 Å². The Kier molecular flexibility index (Phi) is 6.23. The molecule has 0 aliphatic carbocycles. The van der Waals surface area contributed by atoms with Crippen LogP contribution in [0.3, 0.4) is 0 Å². The zero-order chi connectivity index (χ0) is 18.7. The molecule has 3 unspecified atom stereocenters. The molecular weight excluding hydrogens is 369 g/mol. The second-order valence-corrected chi connectivity index (χ2v) is 7.43. The van der Waals surface area contributed by atoms with Gasteiger partial charge in [0.1, 0.15) is 0 Å². The predicted octanol–water partition coefficient (Wildman–Crippen LogP) is 5.54. The fourth-order valence-electron chi connectivity index (χ4n) is 2.97. The van der Waals surface area contributed by atoms with Gasteiger partial charge in [-0.3, -0.25) is 4.79 Å². The molecule has 1 heterocycles. The third-order valence-corrected chi connectivity index (χ3v) is 5.47. The van der Waals surface area contributed by atoms with Crippen molar-refractivity contribution in [2.45, 2.75) is 26.4 Å². The van der Waals surface area contributed by atoms with Crippen molar-refractivity contribution >= 4 is 34.8 Å². The Morgan fingerprint density at radius 3 is 2.62 bits per heavy atom. The number of hydrogen-bond donors (Lipinski definition) is 1. The third-order valence-electron chi connectivity index (χ3n) is 4.65. The monoisotopic (exact) mass is 389 g/mol. The number of benzene rings is 2. The number of amides is 1. The van der Waals surface area contributed by atoms with Crippen molar-refractivity contribution in [1.29, 1.82) is 0 Å². The molecule has 2 aromatic rings. The Morgan fingerprint density at radius 1 is 1.19 bits per heavy atom. The maximum absolute atomic E-state index is 12.4. The number of rotatable bonds is 4. The highest BCUT2D eigenvalue weighted by atomic mass is 35.5. The van der Waals surface area contributed by atoms with Crippen molar-refractivity contribution in [1.82, 2.24) is 0 Å². The maximum Gasteiger partial charge on any atom is 0.257 e. The van der Waals surface area contributed by atoms with E-state index in [0.717, 1.165) is 6.42 Å². The van der Waals surface area contributed by atoms with E-state index in [-0.39, 0.29) is 17.0 Å². The van der Waals surface area contributed by atoms with Crippen LogP contribution in [-0.2, 0) is 11.2 Å². The number of hydrogen-bond acceptors (Lipinski definition) is 2. The van der Waals surface area contributed by atoms with Crippen molar-refractivity contribution in [3.63, 3.8) is 0 Å². The van der Waals surface area contributed by atoms with Gasteiger partial charge in [0, 0.05) is 5.69 Å². The van der Waals surface area contributed by atoms with Crippen LogP contribution in [0, 0.1) is 18.3 Å². The molecule has 1 aliphatic rings. The molecule has 1 saturated heterocycles. The van der Waals surface area contributed by atoms with Gasteiger partial charge >= 0.3 is 0 Å². The van der Waals surface area contributed by atoms with Gasteiger partial charge in [-0.15, -0.1) is 0 Å². The average molecular weight is 390 g/mol. The van der Waals surface area contributed by atoms with Gasteiger partial charge in [-0.05, 0) is 61.4 Å².